The van der Waals surface area contributed by atoms with Gasteiger partial charge in [0.25, 0.3) is 11.7 Å². The number of benzene rings is 2. The standard InChI is InChI=1S/C26H30ClNO5/c1-5-7-13-33-18-10-8-17(9-11-18)22-21(24(30)26(31)28(22)12-6-2)23(29)19-14-16(3)15-20(27)25(19)32-4/h8-11,14-15,22,29H,5-7,12-13H2,1-4H3/b23-21+. The van der Waals surface area contributed by atoms with E-state index < -0.39 is 17.7 Å². The van der Waals surface area contributed by atoms with E-state index in [9.17, 15) is 14.7 Å². The molecule has 0 radical (unpaired) electrons. The lowest BCUT2D eigenvalue weighted by atomic mass is 9.94. The molecule has 0 aromatic heterocycles. The van der Waals surface area contributed by atoms with E-state index in [0.29, 0.717) is 35.9 Å². The van der Waals surface area contributed by atoms with Gasteiger partial charge in [-0.2, -0.15) is 0 Å². The summed E-state index contributed by atoms with van der Waals surface area (Å²) in [7, 11) is 1.44. The average molecular weight is 472 g/mol. The second-order valence-corrected chi connectivity index (χ2v) is 8.50. The molecule has 0 bridgehead atoms. The smallest absolute Gasteiger partial charge is 0.295 e. The van der Waals surface area contributed by atoms with Crippen molar-refractivity contribution in [1.29, 1.82) is 0 Å². The number of amides is 1. The van der Waals surface area contributed by atoms with Crippen LogP contribution in [0.1, 0.15) is 55.8 Å². The van der Waals surface area contributed by atoms with Crippen molar-refractivity contribution in [1.82, 2.24) is 4.90 Å². The summed E-state index contributed by atoms with van der Waals surface area (Å²) >= 11 is 6.32. The Balaban J connectivity index is 2.13. The van der Waals surface area contributed by atoms with Gasteiger partial charge in [0.2, 0.25) is 0 Å². The lowest BCUT2D eigenvalue weighted by Gasteiger charge is -2.25. The first-order valence-electron chi connectivity index (χ1n) is 11.2. The predicted octanol–water partition coefficient (Wildman–Crippen LogP) is 5.67. The Morgan fingerprint density at radius 2 is 1.82 bits per heavy atom. The van der Waals surface area contributed by atoms with Gasteiger partial charge in [-0.25, -0.2) is 0 Å². The van der Waals surface area contributed by atoms with E-state index in [-0.39, 0.29) is 22.6 Å². The molecule has 33 heavy (non-hydrogen) atoms. The summed E-state index contributed by atoms with van der Waals surface area (Å²) in [5.41, 5.74) is 1.80. The number of halogens is 1. The molecule has 176 valence electrons. The van der Waals surface area contributed by atoms with Crippen LogP contribution in [0.2, 0.25) is 5.02 Å². The zero-order valence-electron chi connectivity index (χ0n) is 19.5. The molecular formula is C26H30ClNO5. The molecular weight excluding hydrogens is 442 g/mol. The number of nitrogens with zero attached hydrogens (tertiary/aromatic N) is 1. The summed E-state index contributed by atoms with van der Waals surface area (Å²) in [6.45, 7) is 6.86. The van der Waals surface area contributed by atoms with Crippen LogP contribution in [-0.4, -0.2) is 42.0 Å². The van der Waals surface area contributed by atoms with Crippen LogP contribution in [0.3, 0.4) is 0 Å². The fourth-order valence-corrected chi connectivity index (χ4v) is 4.39. The summed E-state index contributed by atoms with van der Waals surface area (Å²) in [5.74, 6) is -0.701. The summed E-state index contributed by atoms with van der Waals surface area (Å²) in [5, 5.41) is 11.6. The SMILES string of the molecule is CCCCOc1ccc(C2/C(=C(\O)c3cc(C)cc(Cl)c3OC)C(=O)C(=O)N2CCC)cc1. The topological polar surface area (TPSA) is 76.1 Å². The molecule has 1 aliphatic rings. The molecule has 1 amide bonds. The summed E-state index contributed by atoms with van der Waals surface area (Å²) in [6, 6.07) is 9.97. The van der Waals surface area contributed by atoms with E-state index in [2.05, 4.69) is 6.92 Å². The third-order valence-electron chi connectivity index (χ3n) is 5.61. The molecule has 7 heteroatoms. The van der Waals surface area contributed by atoms with E-state index in [1.54, 1.807) is 12.1 Å². The minimum absolute atomic E-state index is 0.0214. The number of aliphatic hydroxyl groups excluding tert-OH is 1. The number of ketones is 1. The molecule has 6 nitrogen and oxygen atoms in total. The first-order chi connectivity index (χ1) is 15.8. The molecule has 0 spiro atoms. The Labute approximate surface area is 199 Å². The van der Waals surface area contributed by atoms with E-state index in [1.807, 2.05) is 38.1 Å². The third kappa shape index (κ3) is 5.01. The highest BCUT2D eigenvalue weighted by molar-refractivity contribution is 6.46. The molecule has 1 N–H and O–H groups in total. The molecule has 3 rings (SSSR count). The molecule has 2 aromatic carbocycles. The van der Waals surface area contributed by atoms with Crippen LogP contribution in [0, 0.1) is 6.92 Å². The van der Waals surface area contributed by atoms with E-state index in [0.717, 1.165) is 18.4 Å². The number of aliphatic hydroxyl groups is 1. The molecule has 0 aliphatic carbocycles. The second-order valence-electron chi connectivity index (χ2n) is 8.09. The van der Waals surface area contributed by atoms with E-state index in [1.165, 1.54) is 12.0 Å². The molecule has 2 aromatic rings. The maximum absolute atomic E-state index is 13.1. The highest BCUT2D eigenvalue weighted by Gasteiger charge is 2.46. The van der Waals surface area contributed by atoms with E-state index >= 15 is 0 Å². The maximum atomic E-state index is 13.1. The van der Waals surface area contributed by atoms with Gasteiger partial charge >= 0.3 is 0 Å². The highest BCUT2D eigenvalue weighted by atomic mass is 35.5. The lowest BCUT2D eigenvalue weighted by molar-refractivity contribution is -0.139. The van der Waals surface area contributed by atoms with Crippen molar-refractivity contribution in [2.75, 3.05) is 20.3 Å². The molecule has 1 atom stereocenters. The highest BCUT2D eigenvalue weighted by Crippen LogP contribution is 2.43. The average Bonchev–Trinajstić information content (AvgIpc) is 3.04. The lowest BCUT2D eigenvalue weighted by Crippen LogP contribution is -2.30. The van der Waals surface area contributed by atoms with Crippen LogP contribution in [0.4, 0.5) is 0 Å². The number of hydrogen-bond donors (Lipinski definition) is 1. The molecule has 1 heterocycles. The van der Waals surface area contributed by atoms with Crippen molar-refractivity contribution >= 4 is 29.1 Å². The Morgan fingerprint density at radius 3 is 2.42 bits per heavy atom. The van der Waals surface area contributed by atoms with Gasteiger partial charge in [0.1, 0.15) is 17.3 Å². The van der Waals surface area contributed by atoms with E-state index in [4.69, 9.17) is 21.1 Å². The van der Waals surface area contributed by atoms with Crippen molar-refractivity contribution in [3.8, 4) is 11.5 Å². The van der Waals surface area contributed by atoms with Gasteiger partial charge in [-0.3, -0.25) is 9.59 Å². The minimum atomic E-state index is -0.728. The van der Waals surface area contributed by atoms with Crippen LogP contribution < -0.4 is 9.47 Å². The van der Waals surface area contributed by atoms with Gasteiger partial charge in [-0.1, -0.05) is 44.0 Å². The number of ether oxygens (including phenoxy) is 2. The van der Waals surface area contributed by atoms with Crippen LogP contribution in [-0.2, 0) is 9.59 Å². The Bertz CT molecular complexity index is 1060. The zero-order chi connectivity index (χ0) is 24.1. The summed E-state index contributed by atoms with van der Waals surface area (Å²) in [6.07, 6.45) is 2.66. The van der Waals surface area contributed by atoms with Gasteiger partial charge in [0.15, 0.2) is 0 Å². The first-order valence-corrected chi connectivity index (χ1v) is 11.6. The molecule has 1 aliphatic heterocycles. The molecule has 1 saturated heterocycles. The number of rotatable bonds is 9. The Kier molecular flexibility index (Phi) is 8.03. The van der Waals surface area contributed by atoms with Gasteiger partial charge in [-0.05, 0) is 55.2 Å². The quantitative estimate of drug-likeness (QED) is 0.221. The molecule has 1 unspecified atom stereocenters. The van der Waals surface area contributed by atoms with Gasteiger partial charge in [0.05, 0.1) is 35.9 Å². The summed E-state index contributed by atoms with van der Waals surface area (Å²) in [4.78, 5) is 27.5. The van der Waals surface area contributed by atoms with Crippen LogP contribution in [0.25, 0.3) is 5.76 Å². The number of carbonyl (C=O) groups is 2. The fourth-order valence-electron chi connectivity index (χ4n) is 4.04. The minimum Gasteiger partial charge on any atom is -0.507 e. The van der Waals surface area contributed by atoms with Crippen LogP contribution in [0.15, 0.2) is 42.0 Å². The van der Waals surface area contributed by atoms with Crippen molar-refractivity contribution in [2.24, 2.45) is 0 Å². The van der Waals surface area contributed by atoms with Crippen LogP contribution >= 0.6 is 11.6 Å². The third-order valence-corrected chi connectivity index (χ3v) is 5.89. The predicted molar refractivity (Wildman–Crippen MR) is 129 cm³/mol. The van der Waals surface area contributed by atoms with Crippen LogP contribution in [0.5, 0.6) is 11.5 Å². The largest absolute Gasteiger partial charge is 0.507 e. The Morgan fingerprint density at radius 1 is 1.12 bits per heavy atom. The zero-order valence-corrected chi connectivity index (χ0v) is 20.2. The summed E-state index contributed by atoms with van der Waals surface area (Å²) < 4.78 is 11.1. The maximum Gasteiger partial charge on any atom is 0.295 e. The number of hydrogen-bond acceptors (Lipinski definition) is 5. The van der Waals surface area contributed by atoms with Gasteiger partial charge in [-0.15, -0.1) is 0 Å². The van der Waals surface area contributed by atoms with Gasteiger partial charge < -0.3 is 19.5 Å². The number of unbranched alkanes of at least 4 members (excludes halogenated alkanes) is 1. The normalized spacial score (nSPS) is 17.5. The number of Topliss-reactive ketones (excluding diaryl/α,β-unsaturated/α-hetero) is 1. The Hall–Kier alpha value is -2.99. The first kappa shape index (κ1) is 24.6. The van der Waals surface area contributed by atoms with Crippen molar-refractivity contribution in [3.05, 3.63) is 63.7 Å². The number of likely N-dealkylation sites (tertiary alicyclic amines) is 1. The number of methoxy groups -OCH3 is 1. The molecule has 0 saturated carbocycles. The monoisotopic (exact) mass is 471 g/mol. The number of carbonyl (C=O) groups excluding carboxylic acids is 2. The second kappa shape index (κ2) is 10.8. The van der Waals surface area contributed by atoms with Crippen molar-refractivity contribution in [3.63, 3.8) is 0 Å². The van der Waals surface area contributed by atoms with Crippen molar-refractivity contribution in [2.45, 2.75) is 46.1 Å². The fraction of sp³-hybridized carbons (Fsp3) is 0.385. The molecule has 1 fully saturated rings. The number of aryl methyl sites for hydroxylation is 1. The van der Waals surface area contributed by atoms with Gasteiger partial charge in [0, 0.05) is 6.54 Å². The van der Waals surface area contributed by atoms with Crippen molar-refractivity contribution < 1.29 is 24.2 Å².